The molecule has 0 heterocycles. The van der Waals surface area contributed by atoms with Gasteiger partial charge < -0.3 is 9.47 Å². The number of aryl methyl sites for hydroxylation is 1. The Hall–Kier alpha value is -1.25. The molecule has 0 saturated heterocycles. The Balaban J connectivity index is 1.32. The van der Waals surface area contributed by atoms with Gasteiger partial charge in [-0.15, -0.1) is 12.8 Å². The van der Waals surface area contributed by atoms with E-state index in [2.05, 4.69) is 44.2 Å². The Morgan fingerprint density at radius 3 is 2.33 bits per heavy atom. The van der Waals surface area contributed by atoms with E-state index in [9.17, 15) is 0 Å². The molecule has 1 aromatic rings. The van der Waals surface area contributed by atoms with Gasteiger partial charge in [0.15, 0.2) is 0 Å². The molecular weight excluding hydrogens is 332 g/mol. The predicted molar refractivity (Wildman–Crippen MR) is 113 cm³/mol. The Morgan fingerprint density at radius 1 is 1.00 bits per heavy atom. The van der Waals surface area contributed by atoms with Gasteiger partial charge in [0.05, 0.1) is 18.8 Å². The Morgan fingerprint density at radius 2 is 1.70 bits per heavy atom. The molecule has 0 N–H and O–H groups in total. The maximum absolute atomic E-state index is 6.27. The number of rotatable bonds is 9. The quantitative estimate of drug-likeness (QED) is 0.374. The first kappa shape index (κ1) is 20.5. The molecule has 0 spiro atoms. The highest BCUT2D eigenvalue weighted by atomic mass is 16.5. The van der Waals surface area contributed by atoms with Crippen LogP contribution in [0.3, 0.4) is 0 Å². The van der Waals surface area contributed by atoms with Gasteiger partial charge in [-0.2, -0.15) is 0 Å². The van der Waals surface area contributed by atoms with Crippen LogP contribution in [0.4, 0.5) is 0 Å². The third kappa shape index (κ3) is 6.69. The molecule has 1 fully saturated rings. The molecule has 0 bridgehead atoms. The zero-order chi connectivity index (χ0) is 18.9. The summed E-state index contributed by atoms with van der Waals surface area (Å²) in [7, 11) is 0. The highest BCUT2D eigenvalue weighted by Gasteiger charge is 2.23. The summed E-state index contributed by atoms with van der Waals surface area (Å²) in [4.78, 5) is 0. The number of benzene rings is 1. The van der Waals surface area contributed by atoms with Crippen LogP contribution in [0.1, 0.15) is 68.9 Å². The lowest BCUT2D eigenvalue weighted by molar-refractivity contribution is -0.0406. The summed E-state index contributed by atoms with van der Waals surface area (Å²) in [6.45, 7) is 7.71. The molecular formula is C25H36O2. The zero-order valence-corrected chi connectivity index (χ0v) is 17.0. The third-order valence-electron chi connectivity index (χ3n) is 6.04. The molecule has 2 aliphatic rings. The lowest BCUT2D eigenvalue weighted by Crippen LogP contribution is -2.28. The van der Waals surface area contributed by atoms with E-state index >= 15 is 0 Å². The van der Waals surface area contributed by atoms with E-state index in [1.807, 2.05) is 6.42 Å². The van der Waals surface area contributed by atoms with Crippen molar-refractivity contribution in [3.63, 3.8) is 0 Å². The van der Waals surface area contributed by atoms with Gasteiger partial charge >= 0.3 is 0 Å². The van der Waals surface area contributed by atoms with Crippen LogP contribution in [0.15, 0.2) is 30.3 Å². The van der Waals surface area contributed by atoms with Crippen molar-refractivity contribution in [2.24, 2.45) is 5.92 Å². The van der Waals surface area contributed by atoms with Crippen molar-refractivity contribution in [3.05, 3.63) is 54.8 Å². The molecule has 2 heteroatoms. The van der Waals surface area contributed by atoms with Gasteiger partial charge in [0.2, 0.25) is 0 Å². The molecule has 0 radical (unpaired) electrons. The van der Waals surface area contributed by atoms with E-state index in [0.29, 0.717) is 18.1 Å². The number of hydrogen-bond donors (Lipinski definition) is 0. The molecule has 0 aromatic heterocycles. The van der Waals surface area contributed by atoms with Crippen molar-refractivity contribution < 1.29 is 9.47 Å². The summed E-state index contributed by atoms with van der Waals surface area (Å²) < 4.78 is 12.3. The van der Waals surface area contributed by atoms with Crippen LogP contribution < -0.4 is 0 Å². The van der Waals surface area contributed by atoms with Crippen molar-refractivity contribution in [2.45, 2.75) is 76.9 Å². The van der Waals surface area contributed by atoms with Crippen LogP contribution in [-0.4, -0.2) is 25.4 Å². The standard InChI is InChI=1S/C25H36O2/c1-3-4-5-18-26-24-14-16-25(17-15-24)27-19-21-8-12-23(13-9-21)22-10-6-20(2)7-11-22/h3,6-7,10-12,21,24-25H,1,4-5,8-9,13-19H2,2H3. The smallest absolute Gasteiger partial charge is 0.0577 e. The van der Waals surface area contributed by atoms with Crippen LogP contribution in [0, 0.1) is 26.2 Å². The molecule has 1 atom stereocenters. The van der Waals surface area contributed by atoms with Crippen molar-refractivity contribution in [1.82, 2.24) is 0 Å². The Kier molecular flexibility index (Phi) is 8.29. The van der Waals surface area contributed by atoms with Gasteiger partial charge in [-0.1, -0.05) is 49.2 Å². The second-order valence-electron chi connectivity index (χ2n) is 8.27. The second kappa shape index (κ2) is 10.9. The fraction of sp³-hybridized carbons (Fsp3) is 0.600. The maximum Gasteiger partial charge on any atom is 0.0577 e. The van der Waals surface area contributed by atoms with Crippen LogP contribution in [-0.2, 0) is 9.47 Å². The van der Waals surface area contributed by atoms with E-state index in [4.69, 9.17) is 9.47 Å². The molecule has 0 aliphatic heterocycles. The van der Waals surface area contributed by atoms with Gasteiger partial charge in [0, 0.05) is 6.61 Å². The lowest BCUT2D eigenvalue weighted by atomic mass is 9.86. The van der Waals surface area contributed by atoms with Crippen LogP contribution in [0.25, 0.3) is 5.57 Å². The highest BCUT2D eigenvalue weighted by Crippen LogP contribution is 2.31. The molecule has 1 saturated carbocycles. The second-order valence-corrected chi connectivity index (χ2v) is 8.27. The lowest BCUT2D eigenvalue weighted by Gasteiger charge is -2.30. The summed E-state index contributed by atoms with van der Waals surface area (Å²) >= 11 is 0. The number of allylic oxidation sites excluding steroid dienone is 2. The molecule has 1 unspecified atom stereocenters. The highest BCUT2D eigenvalue weighted by molar-refractivity contribution is 5.66. The molecule has 3 rings (SSSR count). The van der Waals surface area contributed by atoms with E-state index in [0.717, 1.165) is 58.2 Å². The average molecular weight is 369 g/mol. The minimum atomic E-state index is 0.445. The van der Waals surface area contributed by atoms with Crippen LogP contribution in [0.2, 0.25) is 0 Å². The van der Waals surface area contributed by atoms with Crippen molar-refractivity contribution in [2.75, 3.05) is 13.2 Å². The van der Waals surface area contributed by atoms with E-state index in [1.54, 1.807) is 0 Å². The molecule has 2 nitrogen and oxygen atoms in total. The van der Waals surface area contributed by atoms with Gasteiger partial charge in [-0.25, -0.2) is 0 Å². The summed E-state index contributed by atoms with van der Waals surface area (Å²) in [5, 5.41) is 0. The summed E-state index contributed by atoms with van der Waals surface area (Å²) in [5.74, 6) is 0.687. The Bertz CT molecular complexity index is 566. The monoisotopic (exact) mass is 368 g/mol. The SMILES string of the molecule is [CH2+][CH-]CCCOC1CCC(OCC2CC=C(c3ccc(C)cc3)CC2)CC1. The zero-order valence-electron chi connectivity index (χ0n) is 17.0. The van der Waals surface area contributed by atoms with Gasteiger partial charge in [0.1, 0.15) is 0 Å². The number of hydrogen-bond acceptors (Lipinski definition) is 2. The summed E-state index contributed by atoms with van der Waals surface area (Å²) in [6, 6.07) is 8.95. The Labute approximate surface area is 166 Å². The average Bonchev–Trinajstić information content (AvgIpc) is 2.72. The summed E-state index contributed by atoms with van der Waals surface area (Å²) in [6.07, 6.45) is 15.7. The van der Waals surface area contributed by atoms with E-state index in [1.165, 1.54) is 29.5 Å². The van der Waals surface area contributed by atoms with E-state index < -0.39 is 0 Å². The van der Waals surface area contributed by atoms with E-state index in [-0.39, 0.29) is 0 Å². The predicted octanol–water partition coefficient (Wildman–Crippen LogP) is 6.34. The minimum absolute atomic E-state index is 0.445. The maximum atomic E-state index is 6.27. The van der Waals surface area contributed by atoms with Crippen molar-refractivity contribution in [1.29, 1.82) is 0 Å². The van der Waals surface area contributed by atoms with Crippen molar-refractivity contribution >= 4 is 5.57 Å². The first-order chi connectivity index (χ1) is 13.2. The topological polar surface area (TPSA) is 18.5 Å². The van der Waals surface area contributed by atoms with Gasteiger partial charge in [-0.3, -0.25) is 0 Å². The molecule has 27 heavy (non-hydrogen) atoms. The number of ether oxygens (including phenoxy) is 2. The normalized spacial score (nSPS) is 26.0. The molecule has 0 amide bonds. The minimum Gasteiger partial charge on any atom is -0.378 e. The molecule has 148 valence electrons. The first-order valence-electron chi connectivity index (χ1n) is 10.8. The summed E-state index contributed by atoms with van der Waals surface area (Å²) in [5.41, 5.74) is 4.24. The van der Waals surface area contributed by atoms with Gasteiger partial charge in [-0.05, 0) is 68.9 Å². The van der Waals surface area contributed by atoms with Gasteiger partial charge in [0.25, 0.3) is 0 Å². The largest absolute Gasteiger partial charge is 0.378 e. The fourth-order valence-electron chi connectivity index (χ4n) is 4.19. The van der Waals surface area contributed by atoms with Crippen LogP contribution in [0.5, 0.6) is 0 Å². The van der Waals surface area contributed by atoms with Crippen molar-refractivity contribution in [3.8, 4) is 0 Å². The number of unbranched alkanes of at least 4 members (excludes halogenated alkanes) is 2. The van der Waals surface area contributed by atoms with Crippen LogP contribution >= 0.6 is 0 Å². The fourth-order valence-corrected chi connectivity index (χ4v) is 4.19. The molecule has 2 aliphatic carbocycles. The molecule has 1 aromatic carbocycles. The third-order valence-corrected chi connectivity index (χ3v) is 6.04. The first-order valence-corrected chi connectivity index (χ1v) is 10.8.